The van der Waals surface area contributed by atoms with Gasteiger partial charge >= 0.3 is 6.18 Å². The minimum absolute atomic E-state index is 0.0939. The fraction of sp³-hybridized carbons (Fsp3) is 0.524. The van der Waals surface area contributed by atoms with Crippen LogP contribution >= 0.6 is 0 Å². The molecular weight excluding hydrogens is 511 g/mol. The maximum Gasteiger partial charge on any atom is 0.420 e. The topological polar surface area (TPSA) is 137 Å². The average Bonchev–Trinajstić information content (AvgIpc) is 3.40. The smallest absolute Gasteiger partial charge is 0.420 e. The molecule has 9 nitrogen and oxygen atoms in total. The maximum atomic E-state index is 14.3. The summed E-state index contributed by atoms with van der Waals surface area (Å²) in [6.45, 7) is 1.01. The van der Waals surface area contributed by atoms with Crippen LogP contribution < -0.4 is 5.36 Å². The second-order valence-electron chi connectivity index (χ2n) is 9.77. The molecule has 0 saturated heterocycles. The van der Waals surface area contributed by atoms with Crippen LogP contribution in [0.25, 0.3) is 0 Å². The number of nitrogens with one attached hydrogen (secondary N) is 1. The fourth-order valence-electron chi connectivity index (χ4n) is 4.59. The van der Waals surface area contributed by atoms with Gasteiger partial charge in [0.05, 0.1) is 26.8 Å². The number of hydrogen-bond acceptors (Lipinski definition) is 6. The van der Waals surface area contributed by atoms with E-state index in [0.717, 1.165) is 24.6 Å². The summed E-state index contributed by atoms with van der Waals surface area (Å²) >= 11 is 0. The van der Waals surface area contributed by atoms with Crippen molar-refractivity contribution in [2.75, 3.05) is 6.26 Å². The molecule has 1 amide bonds. The number of pyridine rings is 1. The number of alkyl halides is 5. The molecule has 2 saturated carbocycles. The molecular formula is C21H21F5N6O3S. The Morgan fingerprint density at radius 2 is 1.97 bits per heavy atom. The molecule has 1 unspecified atom stereocenters. The molecule has 2 aliphatic carbocycles. The Bertz CT molecular complexity index is 1470. The molecule has 2 aromatic rings. The predicted octanol–water partition coefficient (Wildman–Crippen LogP) is 3.71. The van der Waals surface area contributed by atoms with E-state index >= 15 is 0 Å². The van der Waals surface area contributed by atoms with Gasteiger partial charge in [-0.05, 0) is 24.3 Å². The van der Waals surface area contributed by atoms with Gasteiger partial charge in [0, 0.05) is 37.9 Å². The zero-order valence-electron chi connectivity index (χ0n) is 19.1. The Morgan fingerprint density at radius 1 is 1.36 bits per heavy atom. The first-order chi connectivity index (χ1) is 16.4. The number of nitriles is 1. The molecule has 4 rings (SSSR count). The Morgan fingerprint density at radius 3 is 2.44 bits per heavy atom. The standard InChI is InChI=1S/C21H21F5N6O3S/c1-18(8-20(22,23)9-18)11-31-15(14(21(24,25)26)16(30-31)19(10-27)4-5-19)17(33)29-12-3-6-32(34)13(7-12)36(2,28)35/h3,6-7,28,34H,4-5,8-9,11H2,1-2H3. The van der Waals surface area contributed by atoms with Crippen LogP contribution in [0.2, 0.25) is 0 Å². The first-order valence-electron chi connectivity index (χ1n) is 10.6. The van der Waals surface area contributed by atoms with Crippen LogP contribution in [-0.2, 0) is 27.9 Å². The van der Waals surface area contributed by atoms with Crippen LogP contribution in [0.1, 0.15) is 54.4 Å². The lowest BCUT2D eigenvalue weighted by atomic mass is 9.67. The molecule has 0 radical (unpaired) electrons. The molecule has 2 heterocycles. The molecule has 2 N–H and O–H groups in total. The summed E-state index contributed by atoms with van der Waals surface area (Å²) in [4.78, 5) is 16.8. The average molecular weight is 532 g/mol. The molecule has 2 aromatic heterocycles. The normalized spacial score (nSPS) is 21.8. The van der Waals surface area contributed by atoms with E-state index in [-0.39, 0.29) is 18.2 Å². The molecule has 1 atom stereocenters. The van der Waals surface area contributed by atoms with Gasteiger partial charge in [-0.2, -0.15) is 28.3 Å². The van der Waals surface area contributed by atoms with Crippen LogP contribution in [0, 0.1) is 21.5 Å². The maximum absolute atomic E-state index is 14.3. The van der Waals surface area contributed by atoms with Crippen LogP contribution in [0.15, 0.2) is 28.3 Å². The summed E-state index contributed by atoms with van der Waals surface area (Å²) in [5.41, 5.74) is -5.78. The number of halogens is 5. The summed E-state index contributed by atoms with van der Waals surface area (Å²) in [5, 5.41) is 22.5. The van der Waals surface area contributed by atoms with Gasteiger partial charge in [0.15, 0.2) is 5.03 Å². The lowest BCUT2D eigenvalue weighted by molar-refractivity contribution is -0.160. The van der Waals surface area contributed by atoms with E-state index in [2.05, 4.69) is 10.1 Å². The van der Waals surface area contributed by atoms with Crippen molar-refractivity contribution in [3.05, 3.63) is 40.6 Å². The van der Waals surface area contributed by atoms with Gasteiger partial charge in [-0.25, -0.2) is 22.8 Å². The van der Waals surface area contributed by atoms with Crippen molar-refractivity contribution in [2.45, 2.75) is 61.7 Å². The van der Waals surface area contributed by atoms with Crippen molar-refractivity contribution in [1.82, 2.24) is 14.5 Å². The third kappa shape index (κ3) is 4.61. The first-order valence-corrected chi connectivity index (χ1v) is 12.6. The third-order valence-electron chi connectivity index (χ3n) is 6.27. The highest BCUT2D eigenvalue weighted by Crippen LogP contribution is 2.54. The minimum atomic E-state index is -5.11. The molecule has 0 spiro atoms. The SMILES string of the molecule is CC1(Cn2nc(C3(C#N)CC3)c(C(F)(F)F)c2C(=O)N=c2ccn(O)c(S(C)(=N)=O)c2)CC(F)(F)C1. The van der Waals surface area contributed by atoms with Crippen molar-refractivity contribution in [1.29, 1.82) is 10.0 Å². The van der Waals surface area contributed by atoms with Crippen LogP contribution in [0.3, 0.4) is 0 Å². The Labute approximate surface area is 201 Å². The van der Waals surface area contributed by atoms with Gasteiger partial charge in [-0.15, -0.1) is 0 Å². The monoisotopic (exact) mass is 532 g/mol. The van der Waals surface area contributed by atoms with Crippen LogP contribution in [0.5, 0.6) is 0 Å². The fourth-order valence-corrected chi connectivity index (χ4v) is 5.35. The molecule has 36 heavy (non-hydrogen) atoms. The molecule has 0 aromatic carbocycles. The third-order valence-corrected chi connectivity index (χ3v) is 7.37. The molecule has 194 valence electrons. The van der Waals surface area contributed by atoms with Gasteiger partial charge in [-0.1, -0.05) is 6.92 Å². The summed E-state index contributed by atoms with van der Waals surface area (Å²) < 4.78 is 90.7. The minimum Gasteiger partial charge on any atom is -0.428 e. The van der Waals surface area contributed by atoms with Gasteiger partial charge in [0.2, 0.25) is 5.92 Å². The van der Waals surface area contributed by atoms with E-state index in [0.29, 0.717) is 9.41 Å². The highest BCUT2D eigenvalue weighted by Gasteiger charge is 2.57. The molecule has 0 aliphatic heterocycles. The van der Waals surface area contributed by atoms with E-state index < -0.39 is 79.9 Å². The van der Waals surface area contributed by atoms with Gasteiger partial charge in [0.1, 0.15) is 16.7 Å². The highest BCUT2D eigenvalue weighted by molar-refractivity contribution is 7.91. The number of nitrogens with zero attached hydrogens (tertiary/aromatic N) is 5. The van der Waals surface area contributed by atoms with Crippen molar-refractivity contribution in [2.24, 2.45) is 10.4 Å². The molecule has 2 fully saturated rings. The number of carbonyl (C=O) groups excluding carboxylic acids is 1. The van der Waals surface area contributed by atoms with Crippen molar-refractivity contribution in [3.63, 3.8) is 0 Å². The lowest BCUT2D eigenvalue weighted by Gasteiger charge is -2.44. The Hall–Kier alpha value is -3.28. The number of carbonyl (C=O) groups is 1. The largest absolute Gasteiger partial charge is 0.428 e. The van der Waals surface area contributed by atoms with Crippen molar-refractivity contribution >= 4 is 15.6 Å². The van der Waals surface area contributed by atoms with E-state index in [1.165, 1.54) is 6.92 Å². The quantitative estimate of drug-likeness (QED) is 0.447. The Balaban J connectivity index is 1.90. The summed E-state index contributed by atoms with van der Waals surface area (Å²) in [6.07, 6.45) is -4.25. The highest BCUT2D eigenvalue weighted by atomic mass is 32.2. The second kappa shape index (κ2) is 7.86. The summed E-state index contributed by atoms with van der Waals surface area (Å²) in [5.74, 6) is -4.40. The van der Waals surface area contributed by atoms with Gasteiger partial charge in [0.25, 0.3) is 5.91 Å². The van der Waals surface area contributed by atoms with Gasteiger partial charge in [-0.3, -0.25) is 9.48 Å². The molecule has 0 bridgehead atoms. The number of rotatable bonds is 5. The molecule has 15 heteroatoms. The van der Waals surface area contributed by atoms with Crippen molar-refractivity contribution in [3.8, 4) is 6.07 Å². The van der Waals surface area contributed by atoms with E-state index in [1.54, 1.807) is 0 Å². The summed E-state index contributed by atoms with van der Waals surface area (Å²) in [7, 11) is -3.50. The second-order valence-corrected chi connectivity index (χ2v) is 11.9. The zero-order chi connectivity index (χ0) is 26.9. The molecule has 2 aliphatic rings. The number of hydrogen-bond donors (Lipinski definition) is 2. The predicted molar refractivity (Wildman–Crippen MR) is 113 cm³/mol. The zero-order valence-corrected chi connectivity index (χ0v) is 19.9. The van der Waals surface area contributed by atoms with Crippen molar-refractivity contribution < 1.29 is 36.2 Å². The van der Waals surface area contributed by atoms with E-state index in [1.807, 2.05) is 6.07 Å². The number of aromatic nitrogens is 3. The van der Waals surface area contributed by atoms with Crippen LogP contribution in [0.4, 0.5) is 22.0 Å². The number of amides is 1. The summed E-state index contributed by atoms with van der Waals surface area (Å²) in [6, 6.07) is 3.78. The Kier molecular flexibility index (Phi) is 5.63. The van der Waals surface area contributed by atoms with E-state index in [4.69, 9.17) is 4.78 Å². The van der Waals surface area contributed by atoms with Crippen LogP contribution in [-0.4, -0.2) is 42.0 Å². The van der Waals surface area contributed by atoms with E-state index in [9.17, 15) is 41.4 Å². The first kappa shape index (κ1) is 25.8. The van der Waals surface area contributed by atoms with Gasteiger partial charge < -0.3 is 5.21 Å². The lowest BCUT2D eigenvalue weighted by Crippen LogP contribution is -2.47.